The first-order valence-corrected chi connectivity index (χ1v) is 12.3. The minimum Gasteiger partial charge on any atom is -0.462 e. The van der Waals surface area contributed by atoms with E-state index in [4.69, 9.17) is 25.3 Å². The first-order valence-electron chi connectivity index (χ1n) is 10.1. The first kappa shape index (κ1) is 24.2. The van der Waals surface area contributed by atoms with Gasteiger partial charge in [-0.1, -0.05) is 36.4 Å². The summed E-state index contributed by atoms with van der Waals surface area (Å²) in [6.45, 7) is 3.60. The molecule has 0 aromatic heterocycles. The quantitative estimate of drug-likeness (QED) is 0.305. The van der Waals surface area contributed by atoms with E-state index >= 15 is 0 Å². The zero-order valence-corrected chi connectivity index (χ0v) is 19.4. The Morgan fingerprint density at radius 1 is 0.906 bits per heavy atom. The van der Waals surface area contributed by atoms with Gasteiger partial charge in [0.25, 0.3) is 10.1 Å². The molecule has 0 aliphatic heterocycles. The summed E-state index contributed by atoms with van der Waals surface area (Å²) in [6.07, 6.45) is -0.366. The van der Waals surface area contributed by atoms with Crippen LogP contribution in [0.2, 0.25) is 0 Å². The molecule has 0 N–H and O–H groups in total. The highest BCUT2D eigenvalue weighted by molar-refractivity contribution is 7.87. The van der Waals surface area contributed by atoms with E-state index in [1.807, 2.05) is 25.1 Å². The molecule has 2 aromatic rings. The summed E-state index contributed by atoms with van der Waals surface area (Å²) >= 11 is 5.45. The van der Waals surface area contributed by atoms with E-state index < -0.39 is 39.3 Å². The van der Waals surface area contributed by atoms with Crippen molar-refractivity contribution in [3.63, 3.8) is 0 Å². The number of hydrogen-bond donors (Lipinski definition) is 0. The Labute approximate surface area is 192 Å². The Morgan fingerprint density at radius 3 is 1.91 bits per heavy atom. The van der Waals surface area contributed by atoms with Crippen molar-refractivity contribution in [1.29, 1.82) is 0 Å². The highest BCUT2D eigenvalue weighted by Crippen LogP contribution is 2.39. The van der Waals surface area contributed by atoms with Gasteiger partial charge in [-0.2, -0.15) is 8.42 Å². The average Bonchev–Trinajstić information content (AvgIpc) is 2.76. The van der Waals surface area contributed by atoms with E-state index in [2.05, 4.69) is 0 Å². The van der Waals surface area contributed by atoms with E-state index in [0.29, 0.717) is 17.5 Å². The largest absolute Gasteiger partial charge is 0.462 e. The second-order valence-corrected chi connectivity index (χ2v) is 9.97. The number of carbonyl (C=O) groups is 2. The van der Waals surface area contributed by atoms with Gasteiger partial charge in [0.1, 0.15) is 5.21 Å². The van der Waals surface area contributed by atoms with Crippen LogP contribution in [-0.2, 0) is 23.8 Å². The second-order valence-electron chi connectivity index (χ2n) is 7.79. The standard InChI is InChI=1S/C23H25ClO7S/c1-15-7-3-5-9-18(15)22(25)29-12-17-11-21(31-32(27,28)14-24)20(17)13-30-23(26)19-10-6-4-8-16(19)2/h3-10,17,20-21H,11-14H2,1-2H3. The molecule has 0 bridgehead atoms. The fourth-order valence-electron chi connectivity index (χ4n) is 3.63. The van der Waals surface area contributed by atoms with Crippen LogP contribution in [0.5, 0.6) is 0 Å². The van der Waals surface area contributed by atoms with Crippen LogP contribution in [0, 0.1) is 25.7 Å². The fourth-order valence-corrected chi connectivity index (χ4v) is 4.43. The van der Waals surface area contributed by atoms with Crippen LogP contribution in [0.3, 0.4) is 0 Å². The Kier molecular flexibility index (Phi) is 7.92. The van der Waals surface area contributed by atoms with E-state index in [-0.39, 0.29) is 19.1 Å². The molecule has 1 aliphatic rings. The Hall–Kier alpha value is -2.42. The summed E-state index contributed by atoms with van der Waals surface area (Å²) < 4.78 is 39.6. The molecule has 3 unspecified atom stereocenters. The minimum absolute atomic E-state index is 0.0561. The smallest absolute Gasteiger partial charge is 0.338 e. The molecule has 1 aliphatic carbocycles. The molecular weight excluding hydrogens is 456 g/mol. The van der Waals surface area contributed by atoms with Gasteiger partial charge in [-0.25, -0.2) is 9.59 Å². The predicted octanol–water partition coefficient (Wildman–Crippen LogP) is 3.86. The lowest BCUT2D eigenvalue weighted by Gasteiger charge is -2.42. The third-order valence-electron chi connectivity index (χ3n) is 5.59. The lowest BCUT2D eigenvalue weighted by atomic mass is 9.72. The minimum atomic E-state index is -3.90. The topological polar surface area (TPSA) is 96.0 Å². The summed E-state index contributed by atoms with van der Waals surface area (Å²) in [4.78, 5) is 24.9. The molecule has 0 heterocycles. The number of ether oxygens (including phenoxy) is 2. The fraction of sp³-hybridized carbons (Fsp3) is 0.391. The van der Waals surface area contributed by atoms with Crippen molar-refractivity contribution >= 4 is 33.7 Å². The van der Waals surface area contributed by atoms with Gasteiger partial charge in [0.15, 0.2) is 0 Å². The number of halogens is 1. The molecule has 172 valence electrons. The number of hydrogen-bond acceptors (Lipinski definition) is 7. The predicted molar refractivity (Wildman–Crippen MR) is 119 cm³/mol. The van der Waals surface area contributed by atoms with Crippen molar-refractivity contribution in [2.75, 3.05) is 18.4 Å². The van der Waals surface area contributed by atoms with Crippen molar-refractivity contribution in [2.45, 2.75) is 26.4 Å². The Balaban J connectivity index is 1.64. The van der Waals surface area contributed by atoms with Gasteiger partial charge in [0.2, 0.25) is 0 Å². The molecule has 0 radical (unpaired) electrons. The van der Waals surface area contributed by atoms with E-state index in [9.17, 15) is 18.0 Å². The summed E-state index contributed by atoms with van der Waals surface area (Å²) in [7, 11) is -3.90. The maximum atomic E-state index is 12.5. The van der Waals surface area contributed by atoms with Crippen molar-refractivity contribution < 1.29 is 31.7 Å². The van der Waals surface area contributed by atoms with Crippen molar-refractivity contribution in [2.24, 2.45) is 11.8 Å². The number of esters is 2. The molecule has 0 spiro atoms. The maximum Gasteiger partial charge on any atom is 0.338 e. The highest BCUT2D eigenvalue weighted by atomic mass is 35.5. The van der Waals surface area contributed by atoms with Crippen LogP contribution in [0.25, 0.3) is 0 Å². The van der Waals surface area contributed by atoms with Crippen LogP contribution < -0.4 is 0 Å². The maximum absolute atomic E-state index is 12.5. The summed E-state index contributed by atoms with van der Waals surface area (Å²) in [6, 6.07) is 14.1. The lowest BCUT2D eigenvalue weighted by Crippen LogP contribution is -2.49. The molecule has 1 fully saturated rings. The SMILES string of the molecule is Cc1ccccc1C(=O)OCC1CC(OS(=O)(=O)CCl)C1COC(=O)c1ccccc1C. The monoisotopic (exact) mass is 480 g/mol. The zero-order chi connectivity index (χ0) is 23.3. The van der Waals surface area contributed by atoms with Gasteiger partial charge in [-0.3, -0.25) is 4.18 Å². The molecule has 0 amide bonds. The molecule has 3 atom stereocenters. The highest BCUT2D eigenvalue weighted by Gasteiger charge is 2.45. The van der Waals surface area contributed by atoms with E-state index in [1.54, 1.807) is 37.3 Å². The van der Waals surface area contributed by atoms with Gasteiger partial charge in [-0.15, -0.1) is 11.6 Å². The van der Waals surface area contributed by atoms with Crippen LogP contribution in [-0.4, -0.2) is 44.9 Å². The van der Waals surface area contributed by atoms with Crippen LogP contribution in [0.15, 0.2) is 48.5 Å². The summed E-state index contributed by atoms with van der Waals surface area (Å²) in [5.41, 5.74) is 2.46. The number of carbonyl (C=O) groups excluding carboxylic acids is 2. The summed E-state index contributed by atoms with van der Waals surface area (Å²) in [5.74, 6) is -1.64. The normalized spacial score (nSPS) is 20.3. The zero-order valence-electron chi connectivity index (χ0n) is 17.8. The van der Waals surface area contributed by atoms with Gasteiger partial charge in [-0.05, 0) is 43.5 Å². The molecule has 7 nitrogen and oxygen atoms in total. The van der Waals surface area contributed by atoms with Gasteiger partial charge < -0.3 is 9.47 Å². The number of benzene rings is 2. The Bertz CT molecular complexity index is 1080. The first-order chi connectivity index (χ1) is 15.2. The number of rotatable bonds is 9. The molecule has 3 rings (SSSR count). The van der Waals surface area contributed by atoms with Crippen LogP contribution >= 0.6 is 11.6 Å². The van der Waals surface area contributed by atoms with E-state index in [1.165, 1.54) is 0 Å². The molecule has 2 aromatic carbocycles. The van der Waals surface area contributed by atoms with Gasteiger partial charge in [0.05, 0.1) is 30.4 Å². The van der Waals surface area contributed by atoms with E-state index in [0.717, 1.165) is 11.1 Å². The number of aryl methyl sites for hydroxylation is 2. The lowest BCUT2D eigenvalue weighted by molar-refractivity contribution is -0.0704. The molecule has 0 saturated heterocycles. The molecule has 32 heavy (non-hydrogen) atoms. The summed E-state index contributed by atoms with van der Waals surface area (Å²) in [5, 5.41) is -0.674. The van der Waals surface area contributed by atoms with Crippen LogP contribution in [0.4, 0.5) is 0 Å². The molecule has 1 saturated carbocycles. The van der Waals surface area contributed by atoms with Gasteiger partial charge >= 0.3 is 11.9 Å². The average molecular weight is 481 g/mol. The van der Waals surface area contributed by atoms with Crippen molar-refractivity contribution in [1.82, 2.24) is 0 Å². The molecule has 9 heteroatoms. The van der Waals surface area contributed by atoms with Crippen LogP contribution in [0.1, 0.15) is 38.3 Å². The third kappa shape index (κ3) is 5.88. The molecular formula is C23H25ClO7S. The van der Waals surface area contributed by atoms with Crippen molar-refractivity contribution in [3.8, 4) is 0 Å². The number of alkyl halides is 1. The Morgan fingerprint density at radius 2 is 1.41 bits per heavy atom. The van der Waals surface area contributed by atoms with Crippen molar-refractivity contribution in [3.05, 3.63) is 70.8 Å². The third-order valence-corrected chi connectivity index (χ3v) is 7.20. The second kappa shape index (κ2) is 10.5. The van der Waals surface area contributed by atoms with Gasteiger partial charge in [0, 0.05) is 11.8 Å².